The smallest absolute Gasteiger partial charge is 0.329 e. The average molecular weight is 466 g/mol. The third-order valence-corrected chi connectivity index (χ3v) is 4.67. The molecular formula is C24H26N4O6. The number of rotatable bonds is 9. The second-order valence-corrected chi connectivity index (χ2v) is 7.13. The first-order valence-electron chi connectivity index (χ1n) is 10.6. The minimum Gasteiger partial charge on any atom is -0.490 e. The highest BCUT2D eigenvalue weighted by atomic mass is 16.5. The fraction of sp³-hybridized carbons (Fsp3) is 0.250. The van der Waals surface area contributed by atoms with Crippen LogP contribution in [0.5, 0.6) is 11.5 Å². The van der Waals surface area contributed by atoms with Crippen LogP contribution < -0.4 is 20.2 Å². The Morgan fingerprint density at radius 3 is 2.29 bits per heavy atom. The molecule has 10 heteroatoms. The number of carbonyl (C=O) groups is 3. The number of carbonyl (C=O) groups excluding carboxylic acids is 3. The lowest BCUT2D eigenvalue weighted by Crippen LogP contribution is -2.42. The Morgan fingerprint density at radius 2 is 1.62 bits per heavy atom. The number of nitrogens with one attached hydrogen (secondary N) is 2. The van der Waals surface area contributed by atoms with E-state index in [1.165, 1.54) is 6.21 Å². The van der Waals surface area contributed by atoms with E-state index in [4.69, 9.17) is 14.2 Å². The van der Waals surface area contributed by atoms with Crippen molar-refractivity contribution in [2.75, 3.05) is 44.8 Å². The van der Waals surface area contributed by atoms with Crippen molar-refractivity contribution < 1.29 is 28.6 Å². The lowest BCUT2D eigenvalue weighted by molar-refractivity contribution is -0.137. The van der Waals surface area contributed by atoms with E-state index in [9.17, 15) is 14.4 Å². The summed E-state index contributed by atoms with van der Waals surface area (Å²) in [5, 5.41) is 6.26. The predicted molar refractivity (Wildman–Crippen MR) is 126 cm³/mol. The Morgan fingerprint density at radius 1 is 0.971 bits per heavy atom. The summed E-state index contributed by atoms with van der Waals surface area (Å²) in [5.74, 6) is -0.711. The number of anilines is 1. The fourth-order valence-electron chi connectivity index (χ4n) is 2.89. The molecule has 1 aliphatic rings. The van der Waals surface area contributed by atoms with Gasteiger partial charge in [0.25, 0.3) is 5.91 Å². The third-order valence-electron chi connectivity index (χ3n) is 4.67. The molecule has 0 bridgehead atoms. The van der Waals surface area contributed by atoms with Crippen molar-refractivity contribution in [3.8, 4) is 11.5 Å². The highest BCUT2D eigenvalue weighted by Gasteiger charge is 2.17. The summed E-state index contributed by atoms with van der Waals surface area (Å²) in [7, 11) is 0. The van der Waals surface area contributed by atoms with Crippen LogP contribution >= 0.6 is 0 Å². The highest BCUT2D eigenvalue weighted by Crippen LogP contribution is 2.15. The largest absolute Gasteiger partial charge is 0.490 e. The molecule has 0 spiro atoms. The first-order valence-corrected chi connectivity index (χ1v) is 10.6. The van der Waals surface area contributed by atoms with E-state index < -0.39 is 11.8 Å². The van der Waals surface area contributed by atoms with Crippen LogP contribution in [-0.4, -0.2) is 68.4 Å². The molecule has 0 unspecified atom stereocenters. The lowest BCUT2D eigenvalue weighted by Gasteiger charge is -2.26. The molecule has 0 saturated carbocycles. The molecule has 1 aliphatic heterocycles. The van der Waals surface area contributed by atoms with Gasteiger partial charge < -0.3 is 24.4 Å². The van der Waals surface area contributed by atoms with Crippen LogP contribution in [-0.2, 0) is 19.1 Å². The number of hydrogen-bond acceptors (Lipinski definition) is 7. The third kappa shape index (κ3) is 7.75. The summed E-state index contributed by atoms with van der Waals surface area (Å²) >= 11 is 0. The van der Waals surface area contributed by atoms with E-state index in [1.807, 2.05) is 0 Å². The van der Waals surface area contributed by atoms with Gasteiger partial charge in [0.15, 0.2) is 6.61 Å². The molecule has 1 fully saturated rings. The normalized spacial score (nSPS) is 13.2. The first kappa shape index (κ1) is 24.5. The zero-order valence-electron chi connectivity index (χ0n) is 18.6. The van der Waals surface area contributed by atoms with Gasteiger partial charge in [-0.1, -0.05) is 12.7 Å². The summed E-state index contributed by atoms with van der Waals surface area (Å²) in [6, 6.07) is 13.4. The van der Waals surface area contributed by atoms with E-state index in [1.54, 1.807) is 59.5 Å². The molecule has 178 valence electrons. The summed E-state index contributed by atoms with van der Waals surface area (Å²) in [5.41, 5.74) is 3.28. The number of morpholine rings is 1. The quantitative estimate of drug-likeness (QED) is 0.251. The summed E-state index contributed by atoms with van der Waals surface area (Å²) in [6.07, 6.45) is 3.01. The summed E-state index contributed by atoms with van der Waals surface area (Å²) in [4.78, 5) is 37.8. The van der Waals surface area contributed by atoms with E-state index in [2.05, 4.69) is 22.4 Å². The Labute approximate surface area is 197 Å². The first-order chi connectivity index (χ1) is 16.5. The predicted octanol–water partition coefficient (Wildman–Crippen LogP) is 1.58. The van der Waals surface area contributed by atoms with Crippen molar-refractivity contribution in [1.82, 2.24) is 10.3 Å². The van der Waals surface area contributed by atoms with Crippen molar-refractivity contribution in [2.45, 2.75) is 0 Å². The van der Waals surface area contributed by atoms with Gasteiger partial charge in [-0.3, -0.25) is 14.4 Å². The van der Waals surface area contributed by atoms with E-state index in [0.29, 0.717) is 55.7 Å². The topological polar surface area (TPSA) is 119 Å². The Bertz CT molecular complexity index is 1010. The molecular weight excluding hydrogens is 440 g/mol. The van der Waals surface area contributed by atoms with E-state index in [0.717, 1.165) is 0 Å². The van der Waals surface area contributed by atoms with Crippen molar-refractivity contribution in [1.29, 1.82) is 0 Å². The van der Waals surface area contributed by atoms with Crippen LogP contribution in [0.15, 0.2) is 66.3 Å². The van der Waals surface area contributed by atoms with Crippen LogP contribution in [0.1, 0.15) is 5.56 Å². The molecule has 0 aliphatic carbocycles. The molecule has 3 rings (SSSR count). The maximum absolute atomic E-state index is 12.1. The minimum absolute atomic E-state index is 0.0524. The van der Waals surface area contributed by atoms with Crippen LogP contribution in [0.2, 0.25) is 0 Å². The molecule has 3 amide bonds. The van der Waals surface area contributed by atoms with Crippen molar-refractivity contribution in [3.63, 3.8) is 0 Å². The molecule has 2 aromatic rings. The van der Waals surface area contributed by atoms with E-state index in [-0.39, 0.29) is 12.5 Å². The zero-order chi connectivity index (χ0) is 24.2. The molecule has 10 nitrogen and oxygen atoms in total. The highest BCUT2D eigenvalue weighted by molar-refractivity contribution is 6.39. The van der Waals surface area contributed by atoms with Gasteiger partial charge in [-0.25, -0.2) is 5.43 Å². The number of nitrogens with zero attached hydrogens (tertiary/aromatic N) is 2. The number of amides is 3. The fourth-order valence-corrected chi connectivity index (χ4v) is 2.89. The maximum atomic E-state index is 12.1. The minimum atomic E-state index is -0.912. The van der Waals surface area contributed by atoms with Crippen LogP contribution in [0.3, 0.4) is 0 Å². The summed E-state index contributed by atoms with van der Waals surface area (Å²) in [6.45, 7) is 6.10. The van der Waals surface area contributed by atoms with Gasteiger partial charge in [0.1, 0.15) is 18.1 Å². The van der Waals surface area contributed by atoms with Gasteiger partial charge in [-0.2, -0.15) is 5.10 Å². The SMILES string of the molecule is C=CCOc1ccc(NC(=O)C(=O)N/N=C\c2ccc(OCC(=O)N3CCOCC3)cc2)cc1. The number of ether oxygens (including phenoxy) is 3. The average Bonchev–Trinajstić information content (AvgIpc) is 2.88. The maximum Gasteiger partial charge on any atom is 0.329 e. The molecule has 2 N–H and O–H groups in total. The molecule has 0 radical (unpaired) electrons. The van der Waals surface area contributed by atoms with Gasteiger partial charge in [-0.15, -0.1) is 0 Å². The van der Waals surface area contributed by atoms with E-state index >= 15 is 0 Å². The van der Waals surface area contributed by atoms with Gasteiger partial charge >= 0.3 is 11.8 Å². The summed E-state index contributed by atoms with van der Waals surface area (Å²) < 4.78 is 16.1. The van der Waals surface area contributed by atoms with Crippen LogP contribution in [0.4, 0.5) is 5.69 Å². The van der Waals surface area contributed by atoms with Crippen LogP contribution in [0.25, 0.3) is 0 Å². The number of benzene rings is 2. The Hall–Kier alpha value is -4.18. The molecule has 2 aromatic carbocycles. The molecule has 1 heterocycles. The van der Waals surface area contributed by atoms with Crippen molar-refractivity contribution >= 4 is 29.6 Å². The van der Waals surface area contributed by atoms with Gasteiger partial charge in [-0.05, 0) is 54.1 Å². The second kappa shape index (κ2) is 12.8. The van der Waals surface area contributed by atoms with Crippen LogP contribution in [0, 0.1) is 0 Å². The lowest BCUT2D eigenvalue weighted by atomic mass is 10.2. The van der Waals surface area contributed by atoms with Gasteiger partial charge in [0.2, 0.25) is 0 Å². The molecule has 0 atom stereocenters. The molecule has 0 aromatic heterocycles. The monoisotopic (exact) mass is 466 g/mol. The van der Waals surface area contributed by atoms with Crippen molar-refractivity contribution in [2.24, 2.45) is 5.10 Å². The zero-order valence-corrected chi connectivity index (χ0v) is 18.6. The van der Waals surface area contributed by atoms with Gasteiger partial charge in [0.05, 0.1) is 19.4 Å². The van der Waals surface area contributed by atoms with Gasteiger partial charge in [0, 0.05) is 18.8 Å². The molecule has 1 saturated heterocycles. The second-order valence-electron chi connectivity index (χ2n) is 7.13. The standard InChI is InChI=1S/C24H26N4O6/c1-2-13-33-20-9-5-19(6-10-20)26-23(30)24(31)27-25-16-18-3-7-21(8-4-18)34-17-22(29)28-11-14-32-15-12-28/h2-10,16H,1,11-15,17H2,(H,26,30)(H,27,31)/b25-16-. The molecule has 34 heavy (non-hydrogen) atoms. The Balaban J connectivity index is 1.40. The van der Waals surface area contributed by atoms with Crippen molar-refractivity contribution in [3.05, 3.63) is 66.7 Å². The number of hydrogen-bond donors (Lipinski definition) is 2. The Kier molecular flexibility index (Phi) is 9.18. The number of hydrazone groups is 1.